The predicted molar refractivity (Wildman–Crippen MR) is 148 cm³/mol. The summed E-state index contributed by atoms with van der Waals surface area (Å²) in [4.78, 5) is 30.0. The number of hydrogen-bond donors (Lipinski definition) is 1. The lowest BCUT2D eigenvalue weighted by Gasteiger charge is -2.26. The van der Waals surface area contributed by atoms with E-state index < -0.39 is 17.7 Å². The number of aliphatic hydroxyl groups excluding tert-OH is 1. The maximum absolute atomic E-state index is 13.3. The van der Waals surface area contributed by atoms with Crippen LogP contribution in [0.5, 0.6) is 5.75 Å². The Labute approximate surface area is 226 Å². The molecular weight excluding hydrogens is 532 g/mol. The second kappa shape index (κ2) is 11.8. The van der Waals surface area contributed by atoms with E-state index in [1.807, 2.05) is 80.5 Å². The van der Waals surface area contributed by atoms with Crippen molar-refractivity contribution in [3.63, 3.8) is 0 Å². The number of carbonyl (C=O) groups excluding carboxylic acids is 2. The van der Waals surface area contributed by atoms with Crippen molar-refractivity contribution in [3.8, 4) is 5.75 Å². The van der Waals surface area contributed by atoms with Gasteiger partial charge in [-0.25, -0.2) is 0 Å². The minimum Gasteiger partial charge on any atom is -0.507 e. The molecule has 0 saturated carbocycles. The molecule has 1 saturated heterocycles. The highest BCUT2D eigenvalue weighted by atomic mass is 79.9. The van der Waals surface area contributed by atoms with E-state index in [1.54, 1.807) is 23.1 Å². The van der Waals surface area contributed by atoms with Gasteiger partial charge in [0.1, 0.15) is 18.1 Å². The number of ether oxygens (including phenoxy) is 1. The van der Waals surface area contributed by atoms with Crippen molar-refractivity contribution in [3.05, 3.63) is 105 Å². The minimum absolute atomic E-state index is 0.102. The van der Waals surface area contributed by atoms with E-state index in [4.69, 9.17) is 4.74 Å². The zero-order valence-electron chi connectivity index (χ0n) is 21.3. The van der Waals surface area contributed by atoms with Crippen LogP contribution in [0.3, 0.4) is 0 Å². The highest BCUT2D eigenvalue weighted by Crippen LogP contribution is 2.40. The van der Waals surface area contributed by atoms with E-state index in [0.29, 0.717) is 30.9 Å². The Morgan fingerprint density at radius 2 is 1.78 bits per heavy atom. The summed E-state index contributed by atoms with van der Waals surface area (Å²) >= 11 is 3.49. The first-order valence-corrected chi connectivity index (χ1v) is 13.0. The van der Waals surface area contributed by atoms with Crippen LogP contribution in [0, 0.1) is 6.92 Å². The van der Waals surface area contributed by atoms with Crippen LogP contribution >= 0.6 is 15.9 Å². The number of aliphatic hydroxyl groups is 1. The van der Waals surface area contributed by atoms with Crippen LogP contribution in [0.4, 0.5) is 0 Å². The molecule has 4 rings (SSSR count). The molecule has 37 heavy (non-hydrogen) atoms. The maximum Gasteiger partial charge on any atom is 0.295 e. The number of aryl methyl sites for hydroxylation is 1. The monoisotopic (exact) mass is 562 g/mol. The van der Waals surface area contributed by atoms with Gasteiger partial charge in [0.25, 0.3) is 11.7 Å². The average Bonchev–Trinajstić information content (AvgIpc) is 3.13. The molecule has 1 amide bonds. The number of nitrogens with zero attached hydrogens (tertiary/aromatic N) is 2. The number of Topliss-reactive ketones (excluding diaryl/α,β-unsaturated/α-hetero) is 1. The normalized spacial score (nSPS) is 17.0. The first-order chi connectivity index (χ1) is 17.8. The Morgan fingerprint density at radius 1 is 1.03 bits per heavy atom. The van der Waals surface area contributed by atoms with Crippen LogP contribution in [-0.2, 0) is 16.2 Å². The van der Waals surface area contributed by atoms with Crippen LogP contribution in [-0.4, -0.2) is 53.8 Å². The molecule has 0 radical (unpaired) electrons. The third kappa shape index (κ3) is 6.12. The Balaban J connectivity index is 1.68. The van der Waals surface area contributed by atoms with Gasteiger partial charge >= 0.3 is 0 Å². The molecule has 3 aromatic rings. The topological polar surface area (TPSA) is 70.1 Å². The minimum atomic E-state index is -0.672. The third-order valence-electron chi connectivity index (χ3n) is 6.39. The van der Waals surface area contributed by atoms with Crippen LogP contribution in [0.15, 0.2) is 82.8 Å². The van der Waals surface area contributed by atoms with E-state index >= 15 is 0 Å². The lowest BCUT2D eigenvalue weighted by Crippen LogP contribution is -2.32. The number of likely N-dealkylation sites (tertiary alicyclic amines) is 1. The molecule has 1 aliphatic heterocycles. The summed E-state index contributed by atoms with van der Waals surface area (Å²) in [5, 5.41) is 11.4. The van der Waals surface area contributed by atoms with Crippen LogP contribution in [0.2, 0.25) is 0 Å². The Morgan fingerprint density at radius 3 is 2.46 bits per heavy atom. The first kappa shape index (κ1) is 26.6. The molecule has 0 aromatic heterocycles. The van der Waals surface area contributed by atoms with Crippen molar-refractivity contribution in [2.75, 3.05) is 27.2 Å². The van der Waals surface area contributed by atoms with Gasteiger partial charge < -0.3 is 19.6 Å². The van der Waals surface area contributed by atoms with Crippen molar-refractivity contribution in [1.82, 2.24) is 9.80 Å². The summed E-state index contributed by atoms with van der Waals surface area (Å²) in [7, 11) is 3.94. The second-order valence-corrected chi connectivity index (χ2v) is 10.4. The summed E-state index contributed by atoms with van der Waals surface area (Å²) in [6.07, 6.45) is 0.705. The molecule has 3 aromatic carbocycles. The number of halogens is 1. The van der Waals surface area contributed by atoms with Crippen molar-refractivity contribution in [2.24, 2.45) is 0 Å². The molecule has 7 heteroatoms. The van der Waals surface area contributed by atoms with Gasteiger partial charge in [-0.3, -0.25) is 9.59 Å². The fraction of sp³-hybridized carbons (Fsp3) is 0.267. The SMILES string of the molecule is Cc1cc(/C(O)=C2\C(=O)C(=O)N(CCCN(C)C)[C@@H]2c2cccc(Br)c2)ccc1OCc1ccccc1. The molecule has 1 atom stereocenters. The lowest BCUT2D eigenvalue weighted by molar-refractivity contribution is -0.139. The van der Waals surface area contributed by atoms with Gasteiger partial charge in [0.05, 0.1) is 11.6 Å². The van der Waals surface area contributed by atoms with Crippen LogP contribution in [0.1, 0.15) is 34.7 Å². The molecule has 1 fully saturated rings. The zero-order chi connectivity index (χ0) is 26.5. The van der Waals surface area contributed by atoms with Gasteiger partial charge in [0, 0.05) is 16.6 Å². The molecule has 6 nitrogen and oxygen atoms in total. The summed E-state index contributed by atoms with van der Waals surface area (Å²) in [5.74, 6) is -0.761. The molecule has 0 spiro atoms. The van der Waals surface area contributed by atoms with E-state index in [2.05, 4.69) is 15.9 Å². The third-order valence-corrected chi connectivity index (χ3v) is 6.89. The quantitative estimate of drug-likeness (QED) is 0.205. The van der Waals surface area contributed by atoms with Crippen molar-refractivity contribution < 1.29 is 19.4 Å². The van der Waals surface area contributed by atoms with E-state index in [9.17, 15) is 14.7 Å². The molecule has 0 aliphatic carbocycles. The van der Waals surface area contributed by atoms with Gasteiger partial charge in [-0.2, -0.15) is 0 Å². The van der Waals surface area contributed by atoms with Crippen molar-refractivity contribution in [2.45, 2.75) is 26.0 Å². The molecule has 0 bridgehead atoms. The number of hydrogen-bond acceptors (Lipinski definition) is 5. The number of carbonyl (C=O) groups is 2. The maximum atomic E-state index is 13.3. The number of amides is 1. The van der Waals surface area contributed by atoms with Gasteiger partial charge in [-0.05, 0) is 81.0 Å². The summed E-state index contributed by atoms with van der Waals surface area (Å²) in [5.41, 5.74) is 3.21. The smallest absolute Gasteiger partial charge is 0.295 e. The first-order valence-electron chi connectivity index (χ1n) is 12.2. The Kier molecular flexibility index (Phi) is 8.46. The van der Waals surface area contributed by atoms with Gasteiger partial charge in [0.15, 0.2) is 0 Å². The molecule has 1 N–H and O–H groups in total. The highest BCUT2D eigenvalue weighted by Gasteiger charge is 2.45. The van der Waals surface area contributed by atoms with E-state index in [0.717, 1.165) is 27.7 Å². The molecule has 1 aliphatic rings. The highest BCUT2D eigenvalue weighted by molar-refractivity contribution is 9.10. The van der Waals surface area contributed by atoms with Crippen molar-refractivity contribution >= 4 is 33.4 Å². The van der Waals surface area contributed by atoms with Crippen LogP contribution < -0.4 is 4.74 Å². The lowest BCUT2D eigenvalue weighted by atomic mass is 9.94. The van der Waals surface area contributed by atoms with Gasteiger partial charge in [0.2, 0.25) is 0 Å². The van der Waals surface area contributed by atoms with E-state index in [1.165, 1.54) is 0 Å². The fourth-order valence-corrected chi connectivity index (χ4v) is 4.96. The summed E-state index contributed by atoms with van der Waals surface area (Å²) < 4.78 is 6.80. The molecule has 192 valence electrons. The van der Waals surface area contributed by atoms with Gasteiger partial charge in [-0.15, -0.1) is 0 Å². The van der Waals surface area contributed by atoms with Gasteiger partial charge in [-0.1, -0.05) is 58.4 Å². The summed E-state index contributed by atoms with van der Waals surface area (Å²) in [6, 6.07) is 22.0. The largest absolute Gasteiger partial charge is 0.507 e. The van der Waals surface area contributed by atoms with Crippen molar-refractivity contribution in [1.29, 1.82) is 0 Å². The number of ketones is 1. The number of benzene rings is 3. The predicted octanol–water partition coefficient (Wildman–Crippen LogP) is 5.71. The molecule has 1 heterocycles. The standard InChI is InChI=1S/C30H31BrN2O4/c1-20-17-23(13-14-25(20)37-19-21-9-5-4-6-10-21)28(34)26-27(22-11-7-12-24(31)18-22)33(30(36)29(26)35)16-8-15-32(2)3/h4-7,9-14,17-18,27,34H,8,15-16,19H2,1-3H3/b28-26+/t27-/m1/s1. The fourth-order valence-electron chi connectivity index (χ4n) is 4.54. The second-order valence-electron chi connectivity index (χ2n) is 9.46. The molecule has 0 unspecified atom stereocenters. The van der Waals surface area contributed by atoms with Crippen LogP contribution in [0.25, 0.3) is 5.76 Å². The Bertz CT molecular complexity index is 1320. The van der Waals surface area contributed by atoms with E-state index in [-0.39, 0.29) is 11.3 Å². The average molecular weight is 563 g/mol. The number of rotatable bonds is 9. The summed E-state index contributed by atoms with van der Waals surface area (Å²) in [6.45, 7) is 3.50. The molecular formula is C30H31BrN2O4. The Hall–Kier alpha value is -3.42. The zero-order valence-corrected chi connectivity index (χ0v) is 22.9.